The number of benzene rings is 3. The largest absolute Gasteiger partial charge is 0.493 e. The molecule has 192 valence electrons. The van der Waals surface area contributed by atoms with Crippen molar-refractivity contribution in [1.82, 2.24) is 4.90 Å². The molecule has 3 aliphatic heterocycles. The van der Waals surface area contributed by atoms with Crippen LogP contribution in [-0.4, -0.2) is 44.8 Å². The summed E-state index contributed by atoms with van der Waals surface area (Å²) in [6.45, 7) is 5.53. The van der Waals surface area contributed by atoms with E-state index in [4.69, 9.17) is 18.9 Å². The fourth-order valence-electron chi connectivity index (χ4n) is 7.00. The molecule has 0 unspecified atom stereocenters. The molecule has 0 bridgehead atoms. The maximum Gasteiger partial charge on any atom is 0.312 e. The second-order valence-corrected chi connectivity index (χ2v) is 10.1. The molecular weight excluding hydrogens is 466 g/mol. The number of hydrogen-bond acceptors (Lipinski definition) is 6. The molecule has 0 N–H and O–H groups in total. The van der Waals surface area contributed by atoms with E-state index in [1.54, 1.807) is 14.2 Å². The normalized spacial score (nSPS) is 25.7. The molecule has 6 nitrogen and oxygen atoms in total. The monoisotopic (exact) mass is 499 g/mol. The number of carbonyl (C=O) groups excluding carboxylic acids is 1. The number of nitrogens with zero attached hydrogens (tertiary/aromatic N) is 1. The minimum atomic E-state index is -0.747. The van der Waals surface area contributed by atoms with E-state index >= 15 is 0 Å². The van der Waals surface area contributed by atoms with Gasteiger partial charge in [-0.2, -0.15) is 0 Å². The summed E-state index contributed by atoms with van der Waals surface area (Å²) in [6.07, 6.45) is 0.838. The van der Waals surface area contributed by atoms with Crippen molar-refractivity contribution in [3.63, 3.8) is 0 Å². The van der Waals surface area contributed by atoms with Gasteiger partial charge in [0.25, 0.3) is 0 Å². The van der Waals surface area contributed by atoms with Gasteiger partial charge in [-0.05, 0) is 55.2 Å². The predicted molar refractivity (Wildman–Crippen MR) is 140 cm³/mol. The molecule has 1 saturated heterocycles. The third-order valence-corrected chi connectivity index (χ3v) is 8.42. The number of esters is 1. The molecule has 3 aliphatic rings. The topological polar surface area (TPSA) is 57.2 Å². The molecule has 0 amide bonds. The molecular formula is C31H33NO5. The molecule has 6 heteroatoms. The Balaban J connectivity index is 1.69. The molecule has 0 saturated carbocycles. The SMILES string of the molecule is CCOC(=O)[C@H]1[C@@H]2COc3ccccc3[C@H]2N2CCc3cc(OC)c(OC)cc3[C@@]12c1ccc(C)cc1. The van der Waals surface area contributed by atoms with Gasteiger partial charge in [0.15, 0.2) is 11.5 Å². The Morgan fingerprint density at radius 2 is 1.78 bits per heavy atom. The highest BCUT2D eigenvalue weighted by Gasteiger charge is 2.66. The Kier molecular flexibility index (Phi) is 5.87. The first-order chi connectivity index (χ1) is 18.0. The number of aryl methyl sites for hydroxylation is 1. The second kappa shape index (κ2) is 9.10. The van der Waals surface area contributed by atoms with Crippen molar-refractivity contribution in [1.29, 1.82) is 0 Å². The second-order valence-electron chi connectivity index (χ2n) is 10.1. The summed E-state index contributed by atoms with van der Waals surface area (Å²) in [6, 6.07) is 21.0. The lowest BCUT2D eigenvalue weighted by atomic mass is 9.67. The van der Waals surface area contributed by atoms with Crippen LogP contribution in [0.25, 0.3) is 0 Å². The van der Waals surface area contributed by atoms with Gasteiger partial charge < -0.3 is 18.9 Å². The van der Waals surface area contributed by atoms with E-state index in [-0.39, 0.29) is 17.9 Å². The maximum absolute atomic E-state index is 14.0. The van der Waals surface area contributed by atoms with Crippen molar-refractivity contribution in [2.45, 2.75) is 31.8 Å². The van der Waals surface area contributed by atoms with E-state index in [0.29, 0.717) is 24.7 Å². The zero-order valence-electron chi connectivity index (χ0n) is 21.8. The summed E-state index contributed by atoms with van der Waals surface area (Å²) in [4.78, 5) is 16.6. The maximum atomic E-state index is 14.0. The van der Waals surface area contributed by atoms with Gasteiger partial charge in [0.05, 0.1) is 38.9 Å². The first kappa shape index (κ1) is 23.9. The molecule has 37 heavy (non-hydrogen) atoms. The van der Waals surface area contributed by atoms with Gasteiger partial charge in [0, 0.05) is 24.1 Å². The number of hydrogen-bond donors (Lipinski definition) is 0. The lowest BCUT2D eigenvalue weighted by Crippen LogP contribution is -2.53. The molecule has 0 radical (unpaired) electrons. The quantitative estimate of drug-likeness (QED) is 0.458. The van der Waals surface area contributed by atoms with Crippen LogP contribution >= 0.6 is 0 Å². The number of methoxy groups -OCH3 is 2. The first-order valence-electron chi connectivity index (χ1n) is 13.0. The molecule has 0 spiro atoms. The highest BCUT2D eigenvalue weighted by Crippen LogP contribution is 2.63. The van der Waals surface area contributed by atoms with Crippen LogP contribution in [0.5, 0.6) is 17.2 Å². The fourth-order valence-corrected chi connectivity index (χ4v) is 7.00. The minimum Gasteiger partial charge on any atom is -0.493 e. The van der Waals surface area contributed by atoms with Gasteiger partial charge in [0.1, 0.15) is 5.75 Å². The highest BCUT2D eigenvalue weighted by atomic mass is 16.5. The predicted octanol–water partition coefficient (Wildman–Crippen LogP) is 5.06. The molecule has 3 aromatic rings. The molecule has 0 aromatic heterocycles. The highest BCUT2D eigenvalue weighted by molar-refractivity contribution is 5.79. The lowest BCUT2D eigenvalue weighted by Gasteiger charge is -2.48. The van der Waals surface area contributed by atoms with Crippen molar-refractivity contribution in [3.8, 4) is 17.2 Å². The number of rotatable bonds is 5. The van der Waals surface area contributed by atoms with Crippen LogP contribution in [-0.2, 0) is 21.5 Å². The van der Waals surface area contributed by atoms with E-state index in [1.807, 2.05) is 19.1 Å². The van der Waals surface area contributed by atoms with E-state index in [9.17, 15) is 4.79 Å². The van der Waals surface area contributed by atoms with Crippen LogP contribution in [0.1, 0.15) is 40.8 Å². The summed E-state index contributed by atoms with van der Waals surface area (Å²) in [5.41, 5.74) is 4.87. The lowest BCUT2D eigenvalue weighted by molar-refractivity contribution is -0.152. The first-order valence-corrected chi connectivity index (χ1v) is 13.0. The van der Waals surface area contributed by atoms with Crippen LogP contribution in [0.4, 0.5) is 0 Å². The minimum absolute atomic E-state index is 0.0157. The molecule has 6 rings (SSSR count). The van der Waals surface area contributed by atoms with Gasteiger partial charge in [-0.25, -0.2) is 0 Å². The van der Waals surface area contributed by atoms with E-state index in [1.165, 1.54) is 5.56 Å². The Labute approximate surface area is 218 Å². The summed E-state index contributed by atoms with van der Waals surface area (Å²) in [5.74, 6) is 1.52. The summed E-state index contributed by atoms with van der Waals surface area (Å²) >= 11 is 0. The molecule has 1 fully saturated rings. The van der Waals surface area contributed by atoms with Crippen LogP contribution in [0, 0.1) is 18.8 Å². The third kappa shape index (κ3) is 3.38. The van der Waals surface area contributed by atoms with Gasteiger partial charge in [-0.1, -0.05) is 48.0 Å². The van der Waals surface area contributed by atoms with Crippen LogP contribution in [0.2, 0.25) is 0 Å². The van der Waals surface area contributed by atoms with Crippen LogP contribution < -0.4 is 14.2 Å². The number of fused-ring (bicyclic) bond motifs is 7. The smallest absolute Gasteiger partial charge is 0.312 e. The van der Waals surface area contributed by atoms with Gasteiger partial charge in [0.2, 0.25) is 0 Å². The number of ether oxygens (including phenoxy) is 4. The number of para-hydroxylation sites is 1. The molecule has 0 aliphatic carbocycles. The van der Waals surface area contributed by atoms with Crippen LogP contribution in [0.15, 0.2) is 60.7 Å². The summed E-state index contributed by atoms with van der Waals surface area (Å²) in [7, 11) is 3.32. The Morgan fingerprint density at radius 1 is 1.05 bits per heavy atom. The molecule has 4 atom stereocenters. The standard InChI is InChI=1S/C31H33NO5/c1-5-36-30(33)28-23-18-37-25-9-7-6-8-22(25)29(23)32-15-14-20-16-26(34-3)27(35-4)17-24(20)31(28,32)21-12-10-19(2)11-13-21/h6-13,16-17,23,28-29H,5,14-15,18H2,1-4H3/t23-,28+,29+,31-/m0/s1. The van der Waals surface area contributed by atoms with Crippen molar-refractivity contribution in [2.75, 3.05) is 34.0 Å². The average Bonchev–Trinajstić information content (AvgIpc) is 3.24. The van der Waals surface area contributed by atoms with Crippen LogP contribution in [0.3, 0.4) is 0 Å². The van der Waals surface area contributed by atoms with Crippen molar-refractivity contribution in [2.24, 2.45) is 11.8 Å². The summed E-state index contributed by atoms with van der Waals surface area (Å²) in [5, 5.41) is 0. The van der Waals surface area contributed by atoms with E-state index < -0.39 is 11.5 Å². The van der Waals surface area contributed by atoms with Gasteiger partial charge >= 0.3 is 5.97 Å². The third-order valence-electron chi connectivity index (χ3n) is 8.42. The Morgan fingerprint density at radius 3 is 2.51 bits per heavy atom. The van der Waals surface area contributed by atoms with Crippen molar-refractivity contribution in [3.05, 3.63) is 88.5 Å². The molecule has 3 aromatic carbocycles. The van der Waals surface area contributed by atoms with Gasteiger partial charge in [-0.15, -0.1) is 0 Å². The van der Waals surface area contributed by atoms with Crippen molar-refractivity contribution < 1.29 is 23.7 Å². The Hall–Kier alpha value is -3.51. The van der Waals surface area contributed by atoms with Gasteiger partial charge in [-0.3, -0.25) is 9.69 Å². The summed E-state index contributed by atoms with van der Waals surface area (Å²) < 4.78 is 23.6. The zero-order valence-corrected chi connectivity index (χ0v) is 21.8. The van der Waals surface area contributed by atoms with E-state index in [2.05, 4.69) is 60.4 Å². The van der Waals surface area contributed by atoms with Crippen molar-refractivity contribution >= 4 is 5.97 Å². The Bertz CT molecular complexity index is 1340. The fraction of sp³-hybridized carbons (Fsp3) is 0.387. The van der Waals surface area contributed by atoms with E-state index in [0.717, 1.165) is 41.0 Å². The molecule has 3 heterocycles. The number of carbonyl (C=O) groups is 1. The zero-order chi connectivity index (χ0) is 25.7. The average molecular weight is 500 g/mol.